The Labute approximate surface area is 171 Å². The van der Waals surface area contributed by atoms with Crippen LogP contribution in [0, 0.1) is 22.7 Å². The zero-order chi connectivity index (χ0) is 21.2. The van der Waals surface area contributed by atoms with Crippen LogP contribution in [-0.2, 0) is 11.4 Å². The molecule has 6 nitrogen and oxygen atoms in total. The zero-order valence-corrected chi connectivity index (χ0v) is 16.7. The molecule has 1 atom stereocenters. The van der Waals surface area contributed by atoms with Crippen LogP contribution < -0.4 is 14.8 Å². The Hall–Kier alpha value is -3.77. The van der Waals surface area contributed by atoms with E-state index in [1.165, 1.54) is 13.2 Å². The number of hydrogen-bond donors (Lipinski definition) is 1. The maximum Gasteiger partial charge on any atom is 0.262 e. The number of nitrogens with zero attached hydrogens (tertiary/aromatic N) is 2. The summed E-state index contributed by atoms with van der Waals surface area (Å²) in [4.78, 5) is 12.2. The van der Waals surface area contributed by atoms with Crippen molar-refractivity contribution in [1.82, 2.24) is 5.32 Å². The maximum atomic E-state index is 12.2. The molecule has 0 aromatic heterocycles. The van der Waals surface area contributed by atoms with Crippen LogP contribution in [0.3, 0.4) is 0 Å². The molecule has 2 aromatic carbocycles. The highest BCUT2D eigenvalue weighted by Gasteiger charge is 2.13. The monoisotopic (exact) mass is 389 g/mol. The Bertz CT molecular complexity index is 984. The number of nitriles is 2. The highest BCUT2D eigenvalue weighted by atomic mass is 16.5. The molecule has 0 aliphatic rings. The standard InChI is InChI=1S/C23H23N3O3/c1-4-16(2)26-23(27)20(14-25)11-17-9-10-21(22(12-17)28-3)29-15-19-8-6-5-7-18(19)13-24/h5-12,16H,4,15H2,1-3H3,(H,26,27)/b20-11+/t16-/m1/s1. The van der Waals surface area contributed by atoms with Gasteiger partial charge < -0.3 is 14.8 Å². The van der Waals surface area contributed by atoms with Crippen molar-refractivity contribution in [3.63, 3.8) is 0 Å². The van der Waals surface area contributed by atoms with E-state index >= 15 is 0 Å². The van der Waals surface area contributed by atoms with Crippen molar-refractivity contribution in [1.29, 1.82) is 10.5 Å². The predicted octanol–water partition coefficient (Wildman–Crippen LogP) is 3.97. The number of nitrogens with one attached hydrogen (secondary N) is 1. The Morgan fingerprint density at radius 3 is 2.62 bits per heavy atom. The molecule has 0 saturated heterocycles. The molecule has 0 radical (unpaired) electrons. The molecule has 2 rings (SSSR count). The van der Waals surface area contributed by atoms with Crippen LogP contribution in [0.2, 0.25) is 0 Å². The summed E-state index contributed by atoms with van der Waals surface area (Å²) in [6.07, 6.45) is 2.29. The summed E-state index contributed by atoms with van der Waals surface area (Å²) in [7, 11) is 1.51. The van der Waals surface area contributed by atoms with Crippen molar-refractivity contribution in [3.05, 3.63) is 64.7 Å². The fourth-order valence-corrected chi connectivity index (χ4v) is 2.52. The van der Waals surface area contributed by atoms with Gasteiger partial charge in [0, 0.05) is 11.6 Å². The number of methoxy groups -OCH3 is 1. The van der Waals surface area contributed by atoms with E-state index in [2.05, 4.69) is 11.4 Å². The third-order valence-electron chi connectivity index (χ3n) is 4.37. The highest BCUT2D eigenvalue weighted by Crippen LogP contribution is 2.30. The van der Waals surface area contributed by atoms with Gasteiger partial charge in [-0.25, -0.2) is 0 Å². The van der Waals surface area contributed by atoms with E-state index in [-0.39, 0.29) is 18.2 Å². The van der Waals surface area contributed by atoms with Gasteiger partial charge in [0.15, 0.2) is 11.5 Å². The lowest BCUT2D eigenvalue weighted by atomic mass is 10.1. The number of carbonyl (C=O) groups is 1. The van der Waals surface area contributed by atoms with Crippen LogP contribution in [0.1, 0.15) is 37.0 Å². The van der Waals surface area contributed by atoms with E-state index in [0.717, 1.165) is 12.0 Å². The molecule has 0 aliphatic carbocycles. The van der Waals surface area contributed by atoms with Gasteiger partial charge in [0.05, 0.1) is 18.7 Å². The van der Waals surface area contributed by atoms with Gasteiger partial charge in [0.25, 0.3) is 5.91 Å². The van der Waals surface area contributed by atoms with E-state index in [9.17, 15) is 15.3 Å². The van der Waals surface area contributed by atoms with Crippen LogP contribution in [0.5, 0.6) is 11.5 Å². The van der Waals surface area contributed by atoms with Crippen LogP contribution in [0.4, 0.5) is 0 Å². The second kappa shape index (κ2) is 10.5. The van der Waals surface area contributed by atoms with Crippen LogP contribution in [-0.4, -0.2) is 19.1 Å². The minimum atomic E-state index is -0.408. The predicted molar refractivity (Wildman–Crippen MR) is 110 cm³/mol. The van der Waals surface area contributed by atoms with Crippen LogP contribution in [0.15, 0.2) is 48.0 Å². The molecule has 0 aliphatic heterocycles. The first-order valence-corrected chi connectivity index (χ1v) is 9.23. The van der Waals surface area contributed by atoms with E-state index in [0.29, 0.717) is 22.6 Å². The van der Waals surface area contributed by atoms with Crippen molar-refractivity contribution < 1.29 is 14.3 Å². The third kappa shape index (κ3) is 5.85. The van der Waals surface area contributed by atoms with E-state index in [1.54, 1.807) is 30.3 Å². The molecule has 0 heterocycles. The summed E-state index contributed by atoms with van der Waals surface area (Å²) in [5.74, 6) is 0.557. The number of benzene rings is 2. The largest absolute Gasteiger partial charge is 0.493 e. The SMILES string of the molecule is CC[C@@H](C)NC(=O)/C(C#N)=C/c1ccc(OCc2ccccc2C#N)c(OC)c1. The third-order valence-corrected chi connectivity index (χ3v) is 4.37. The molecule has 1 N–H and O–H groups in total. The second-order valence-electron chi connectivity index (χ2n) is 6.42. The van der Waals surface area contributed by atoms with Crippen LogP contribution in [0.25, 0.3) is 6.08 Å². The number of ether oxygens (including phenoxy) is 2. The summed E-state index contributed by atoms with van der Waals surface area (Å²) in [6, 6.07) is 16.4. The quantitative estimate of drug-likeness (QED) is 0.544. The Morgan fingerprint density at radius 2 is 1.97 bits per heavy atom. The average Bonchev–Trinajstić information content (AvgIpc) is 2.76. The van der Waals surface area contributed by atoms with Crippen molar-refractivity contribution in [2.24, 2.45) is 0 Å². The normalized spacial score (nSPS) is 11.7. The first-order chi connectivity index (χ1) is 14.0. The molecular weight excluding hydrogens is 366 g/mol. The maximum absolute atomic E-state index is 12.2. The molecule has 0 spiro atoms. The van der Waals surface area contributed by atoms with Crippen molar-refractivity contribution in [2.45, 2.75) is 32.9 Å². The lowest BCUT2D eigenvalue weighted by Crippen LogP contribution is -2.32. The summed E-state index contributed by atoms with van der Waals surface area (Å²) in [5.41, 5.74) is 1.98. The number of rotatable bonds is 8. The van der Waals surface area contributed by atoms with Crippen LogP contribution >= 0.6 is 0 Å². The summed E-state index contributed by atoms with van der Waals surface area (Å²) >= 11 is 0. The minimum absolute atomic E-state index is 0.0131. The van der Waals surface area contributed by atoms with Crippen molar-refractivity contribution in [3.8, 4) is 23.6 Å². The van der Waals surface area contributed by atoms with Gasteiger partial charge in [-0.1, -0.05) is 31.2 Å². The van der Waals surface area contributed by atoms with Crippen molar-refractivity contribution >= 4 is 12.0 Å². The van der Waals surface area contributed by atoms with Gasteiger partial charge in [-0.2, -0.15) is 10.5 Å². The van der Waals surface area contributed by atoms with Gasteiger partial charge in [-0.05, 0) is 43.2 Å². The molecule has 148 valence electrons. The molecule has 0 saturated carbocycles. The van der Waals surface area contributed by atoms with Gasteiger partial charge in [0.1, 0.15) is 18.2 Å². The molecular formula is C23H23N3O3. The second-order valence-corrected chi connectivity index (χ2v) is 6.42. The van der Waals surface area contributed by atoms with Gasteiger partial charge in [-0.3, -0.25) is 4.79 Å². The van der Waals surface area contributed by atoms with E-state index in [4.69, 9.17) is 9.47 Å². The lowest BCUT2D eigenvalue weighted by molar-refractivity contribution is -0.117. The number of hydrogen-bond acceptors (Lipinski definition) is 5. The molecule has 6 heteroatoms. The first kappa shape index (κ1) is 21.5. The topological polar surface area (TPSA) is 95.1 Å². The summed E-state index contributed by atoms with van der Waals surface area (Å²) < 4.78 is 11.2. The van der Waals surface area contributed by atoms with Gasteiger partial charge in [-0.15, -0.1) is 0 Å². The minimum Gasteiger partial charge on any atom is -0.493 e. The molecule has 1 amide bonds. The Morgan fingerprint density at radius 1 is 1.21 bits per heavy atom. The number of carbonyl (C=O) groups excluding carboxylic acids is 1. The molecule has 29 heavy (non-hydrogen) atoms. The lowest BCUT2D eigenvalue weighted by Gasteiger charge is -2.13. The molecule has 0 unspecified atom stereocenters. The van der Waals surface area contributed by atoms with E-state index in [1.807, 2.05) is 32.0 Å². The summed E-state index contributed by atoms with van der Waals surface area (Å²) in [6.45, 7) is 4.06. The molecule has 2 aromatic rings. The zero-order valence-electron chi connectivity index (χ0n) is 16.7. The average molecular weight is 389 g/mol. The Kier molecular flexibility index (Phi) is 7.82. The molecule has 0 bridgehead atoms. The highest BCUT2D eigenvalue weighted by molar-refractivity contribution is 6.01. The Balaban J connectivity index is 2.20. The van der Waals surface area contributed by atoms with Gasteiger partial charge >= 0.3 is 0 Å². The summed E-state index contributed by atoms with van der Waals surface area (Å²) in [5, 5.41) is 21.3. The fraction of sp³-hybridized carbons (Fsp3) is 0.261. The number of amides is 1. The fourth-order valence-electron chi connectivity index (χ4n) is 2.52. The first-order valence-electron chi connectivity index (χ1n) is 9.23. The van der Waals surface area contributed by atoms with E-state index < -0.39 is 5.91 Å². The van der Waals surface area contributed by atoms with Gasteiger partial charge in [0.2, 0.25) is 0 Å². The smallest absolute Gasteiger partial charge is 0.262 e. The molecule has 0 fully saturated rings. The van der Waals surface area contributed by atoms with Crippen molar-refractivity contribution in [2.75, 3.05) is 7.11 Å².